The second-order valence-corrected chi connectivity index (χ2v) is 6.85. The lowest BCUT2D eigenvalue weighted by molar-refractivity contribution is 0.173. The van der Waals surface area contributed by atoms with Crippen LogP contribution in [0.5, 0.6) is 0 Å². The molecule has 0 saturated carbocycles. The third kappa shape index (κ3) is 3.55. The first-order chi connectivity index (χ1) is 7.78. The first-order valence-electron chi connectivity index (χ1n) is 5.93. The summed E-state index contributed by atoms with van der Waals surface area (Å²) in [4.78, 5) is 2.56. The van der Waals surface area contributed by atoms with Crippen molar-refractivity contribution in [3.05, 3.63) is 20.8 Å². The highest BCUT2D eigenvalue weighted by Crippen LogP contribution is 2.24. The van der Waals surface area contributed by atoms with Crippen LogP contribution in [0.2, 0.25) is 0 Å². The normalized spacial score (nSPS) is 19.1. The van der Waals surface area contributed by atoms with Crippen LogP contribution in [0, 0.1) is 5.92 Å². The van der Waals surface area contributed by atoms with Crippen molar-refractivity contribution < 1.29 is 0 Å². The Labute approximate surface area is 110 Å². The summed E-state index contributed by atoms with van der Waals surface area (Å²) in [5.41, 5.74) is 7.04. The topological polar surface area (TPSA) is 29.3 Å². The van der Waals surface area contributed by atoms with Gasteiger partial charge in [-0.3, -0.25) is 4.90 Å². The van der Waals surface area contributed by atoms with E-state index in [2.05, 4.69) is 32.3 Å². The molecule has 0 atom stereocenters. The number of thiophene rings is 1. The third-order valence-corrected chi connectivity index (χ3v) is 4.86. The van der Waals surface area contributed by atoms with Crippen molar-refractivity contribution in [2.24, 2.45) is 11.7 Å². The zero-order valence-corrected chi connectivity index (χ0v) is 11.9. The van der Waals surface area contributed by atoms with E-state index in [-0.39, 0.29) is 0 Å². The number of nitrogens with zero attached hydrogens (tertiary/aromatic N) is 1. The first kappa shape index (κ1) is 12.6. The second-order valence-electron chi connectivity index (χ2n) is 4.56. The molecule has 0 radical (unpaired) electrons. The molecule has 16 heavy (non-hydrogen) atoms. The van der Waals surface area contributed by atoms with Crippen molar-refractivity contribution in [2.45, 2.75) is 25.8 Å². The lowest BCUT2D eigenvalue weighted by Gasteiger charge is -2.31. The van der Waals surface area contributed by atoms with Gasteiger partial charge in [-0.25, -0.2) is 0 Å². The summed E-state index contributed by atoms with van der Waals surface area (Å²) in [7, 11) is 0. The van der Waals surface area contributed by atoms with Crippen LogP contribution < -0.4 is 5.73 Å². The van der Waals surface area contributed by atoms with Gasteiger partial charge in [0.2, 0.25) is 0 Å². The fourth-order valence-corrected chi connectivity index (χ4v) is 3.56. The number of hydrogen-bond acceptors (Lipinski definition) is 3. The van der Waals surface area contributed by atoms with Crippen molar-refractivity contribution >= 4 is 27.3 Å². The number of halogens is 1. The van der Waals surface area contributed by atoms with E-state index in [0.717, 1.165) is 19.0 Å². The van der Waals surface area contributed by atoms with Gasteiger partial charge in [0.25, 0.3) is 0 Å². The minimum absolute atomic E-state index is 0.849. The van der Waals surface area contributed by atoms with Gasteiger partial charge in [0.05, 0.1) is 3.79 Å². The number of rotatable bonds is 4. The van der Waals surface area contributed by atoms with Gasteiger partial charge in [0, 0.05) is 6.54 Å². The summed E-state index contributed by atoms with van der Waals surface area (Å²) in [6, 6.07) is 2.23. The first-order valence-corrected chi connectivity index (χ1v) is 7.60. The highest BCUT2D eigenvalue weighted by Gasteiger charge is 2.18. The average Bonchev–Trinajstić information content (AvgIpc) is 2.67. The Morgan fingerprint density at radius 2 is 2.19 bits per heavy atom. The molecule has 2 nitrogen and oxygen atoms in total. The van der Waals surface area contributed by atoms with Gasteiger partial charge in [-0.1, -0.05) is 0 Å². The summed E-state index contributed by atoms with van der Waals surface area (Å²) >= 11 is 5.29. The van der Waals surface area contributed by atoms with Crippen LogP contribution >= 0.6 is 27.3 Å². The van der Waals surface area contributed by atoms with E-state index in [4.69, 9.17) is 5.73 Å². The summed E-state index contributed by atoms with van der Waals surface area (Å²) in [6.07, 6.45) is 3.85. The van der Waals surface area contributed by atoms with Crippen LogP contribution in [-0.4, -0.2) is 24.5 Å². The van der Waals surface area contributed by atoms with Gasteiger partial charge in [-0.2, -0.15) is 0 Å². The molecule has 2 heterocycles. The molecule has 0 bridgehead atoms. The zero-order chi connectivity index (χ0) is 11.4. The van der Waals surface area contributed by atoms with Crippen molar-refractivity contribution in [3.63, 3.8) is 0 Å². The number of hydrogen-bond donors (Lipinski definition) is 1. The molecule has 0 unspecified atom stereocenters. The molecule has 2 N–H and O–H groups in total. The minimum Gasteiger partial charge on any atom is -0.330 e. The zero-order valence-electron chi connectivity index (χ0n) is 9.49. The molecule has 0 aromatic carbocycles. The summed E-state index contributed by atoms with van der Waals surface area (Å²) in [6.45, 7) is 4.43. The van der Waals surface area contributed by atoms with Gasteiger partial charge >= 0.3 is 0 Å². The number of nitrogens with two attached hydrogens (primary N) is 1. The molecule has 1 aliphatic rings. The van der Waals surface area contributed by atoms with Gasteiger partial charge in [-0.05, 0) is 77.8 Å². The molecule has 1 aromatic heterocycles. The Hall–Kier alpha value is 0.100. The molecule has 4 heteroatoms. The molecule has 2 rings (SSSR count). The van der Waals surface area contributed by atoms with Gasteiger partial charge < -0.3 is 5.73 Å². The molecule has 1 aromatic rings. The maximum Gasteiger partial charge on any atom is 0.0701 e. The van der Waals surface area contributed by atoms with Crippen LogP contribution in [0.4, 0.5) is 0 Å². The van der Waals surface area contributed by atoms with E-state index in [9.17, 15) is 0 Å². The monoisotopic (exact) mass is 302 g/mol. The molecular formula is C12H19BrN2S. The SMILES string of the molecule is NCCC1CCN(Cc2csc(Br)c2)CC1. The lowest BCUT2D eigenvalue weighted by Crippen LogP contribution is -2.33. The highest BCUT2D eigenvalue weighted by molar-refractivity contribution is 9.11. The van der Waals surface area contributed by atoms with Crippen molar-refractivity contribution in [3.8, 4) is 0 Å². The molecule has 1 aliphatic heterocycles. The van der Waals surface area contributed by atoms with Crippen LogP contribution in [0.3, 0.4) is 0 Å². The Morgan fingerprint density at radius 1 is 1.44 bits per heavy atom. The average molecular weight is 303 g/mol. The van der Waals surface area contributed by atoms with E-state index in [1.807, 2.05) is 0 Å². The summed E-state index contributed by atoms with van der Waals surface area (Å²) in [5, 5.41) is 2.25. The number of likely N-dealkylation sites (tertiary alicyclic amines) is 1. The Balaban J connectivity index is 1.77. The van der Waals surface area contributed by atoms with E-state index in [0.29, 0.717) is 0 Å². The Kier molecular flexibility index (Phi) is 4.82. The fraction of sp³-hybridized carbons (Fsp3) is 0.667. The molecule has 90 valence electrons. The second kappa shape index (κ2) is 6.15. The predicted octanol–water partition coefficient (Wildman–Crippen LogP) is 3.07. The van der Waals surface area contributed by atoms with E-state index < -0.39 is 0 Å². The standard InChI is InChI=1S/C12H19BrN2S/c13-12-7-11(9-16-12)8-15-5-2-10(1-4-14)3-6-15/h7,9-10H,1-6,8,14H2. The van der Waals surface area contributed by atoms with Gasteiger partial charge in [0.1, 0.15) is 0 Å². The van der Waals surface area contributed by atoms with E-state index >= 15 is 0 Å². The lowest BCUT2D eigenvalue weighted by atomic mass is 9.93. The third-order valence-electron chi connectivity index (χ3n) is 3.31. The smallest absolute Gasteiger partial charge is 0.0701 e. The molecule has 1 fully saturated rings. The van der Waals surface area contributed by atoms with Crippen LogP contribution in [-0.2, 0) is 6.54 Å². The molecule has 1 saturated heterocycles. The van der Waals surface area contributed by atoms with Gasteiger partial charge in [-0.15, -0.1) is 11.3 Å². The van der Waals surface area contributed by atoms with E-state index in [1.165, 1.54) is 41.7 Å². The Bertz CT molecular complexity index is 319. The summed E-state index contributed by atoms with van der Waals surface area (Å²) in [5.74, 6) is 0.871. The van der Waals surface area contributed by atoms with Crippen molar-refractivity contribution in [2.75, 3.05) is 19.6 Å². The molecular weight excluding hydrogens is 284 g/mol. The molecule has 0 amide bonds. The summed E-state index contributed by atoms with van der Waals surface area (Å²) < 4.78 is 1.24. The van der Waals surface area contributed by atoms with E-state index in [1.54, 1.807) is 11.3 Å². The van der Waals surface area contributed by atoms with Crippen LogP contribution in [0.1, 0.15) is 24.8 Å². The maximum absolute atomic E-state index is 5.60. The molecule has 0 aliphatic carbocycles. The van der Waals surface area contributed by atoms with Crippen LogP contribution in [0.15, 0.2) is 15.2 Å². The predicted molar refractivity (Wildman–Crippen MR) is 73.7 cm³/mol. The molecule has 0 spiro atoms. The highest BCUT2D eigenvalue weighted by atomic mass is 79.9. The van der Waals surface area contributed by atoms with Gasteiger partial charge in [0.15, 0.2) is 0 Å². The fourth-order valence-electron chi connectivity index (χ4n) is 2.36. The number of piperidine rings is 1. The van der Waals surface area contributed by atoms with Crippen LogP contribution in [0.25, 0.3) is 0 Å². The Morgan fingerprint density at radius 3 is 2.75 bits per heavy atom. The van der Waals surface area contributed by atoms with Crippen molar-refractivity contribution in [1.82, 2.24) is 4.90 Å². The largest absolute Gasteiger partial charge is 0.330 e. The maximum atomic E-state index is 5.60. The quantitative estimate of drug-likeness (QED) is 0.926. The van der Waals surface area contributed by atoms with Crippen molar-refractivity contribution in [1.29, 1.82) is 0 Å². The minimum atomic E-state index is 0.849.